The van der Waals surface area contributed by atoms with Gasteiger partial charge in [-0.25, -0.2) is 4.79 Å². The van der Waals surface area contributed by atoms with Crippen molar-refractivity contribution in [2.75, 3.05) is 36.4 Å². The van der Waals surface area contributed by atoms with Crippen LogP contribution in [0.15, 0.2) is 48.5 Å². The number of amides is 4. The Bertz CT molecular complexity index is 1070. The van der Waals surface area contributed by atoms with E-state index >= 15 is 0 Å². The largest absolute Gasteiger partial charge is 0.391 e. The predicted molar refractivity (Wildman–Crippen MR) is 124 cm³/mol. The van der Waals surface area contributed by atoms with E-state index in [2.05, 4.69) is 16.0 Å². The third-order valence-electron chi connectivity index (χ3n) is 6.18. The first-order chi connectivity index (χ1) is 16.7. The maximum atomic E-state index is 12.9. The first-order valence-corrected chi connectivity index (χ1v) is 11.4. The molecule has 4 rings (SSSR count). The first kappa shape index (κ1) is 24.4. The number of benzene rings is 2. The Kier molecular flexibility index (Phi) is 7.13. The fourth-order valence-electron chi connectivity index (χ4n) is 4.14. The number of halogens is 3. The summed E-state index contributed by atoms with van der Waals surface area (Å²) in [4.78, 5) is 38.2. The molecule has 0 unspecified atom stereocenters. The van der Waals surface area contributed by atoms with Gasteiger partial charge in [-0.1, -0.05) is 12.1 Å². The molecule has 2 saturated heterocycles. The zero-order chi connectivity index (χ0) is 25.0. The molecule has 0 aromatic heterocycles. The number of imide groups is 1. The van der Waals surface area contributed by atoms with E-state index in [1.165, 1.54) is 0 Å². The standard InChI is InChI=1S/C24H26F3N5O3/c25-24(26,27)17-9-12-31(13-10-17)20-7-5-19(6-8-20)30-18-3-1-16(2-4-18)15-29-23(35)32-14-11-28-21(33)22(32)34/h1-8,17,30H,9-15H2,(H,28,33)(H,29,35). The van der Waals surface area contributed by atoms with Crippen molar-refractivity contribution in [3.8, 4) is 0 Å². The Morgan fingerprint density at radius 1 is 0.943 bits per heavy atom. The number of nitrogens with one attached hydrogen (secondary N) is 3. The maximum Gasteiger partial charge on any atom is 0.391 e. The Hall–Kier alpha value is -3.76. The number of carbonyl (C=O) groups is 3. The fraction of sp³-hybridized carbons (Fsp3) is 0.375. The quantitative estimate of drug-likeness (QED) is 0.560. The van der Waals surface area contributed by atoms with Crippen LogP contribution in [0.2, 0.25) is 0 Å². The SMILES string of the molecule is O=C1NCCN(C(=O)NCc2ccc(Nc3ccc(N4CCC(C(F)(F)F)CC4)cc3)cc2)C1=O. The Balaban J connectivity index is 1.26. The van der Waals surface area contributed by atoms with Crippen molar-refractivity contribution in [2.45, 2.75) is 25.6 Å². The van der Waals surface area contributed by atoms with Crippen molar-refractivity contribution < 1.29 is 27.6 Å². The molecule has 8 nitrogen and oxygen atoms in total. The predicted octanol–water partition coefficient (Wildman–Crippen LogP) is 3.38. The minimum absolute atomic E-state index is 0.111. The summed E-state index contributed by atoms with van der Waals surface area (Å²) < 4.78 is 38.6. The van der Waals surface area contributed by atoms with E-state index in [0.717, 1.165) is 27.5 Å². The van der Waals surface area contributed by atoms with E-state index < -0.39 is 29.9 Å². The molecule has 0 aliphatic carbocycles. The summed E-state index contributed by atoms with van der Waals surface area (Å²) >= 11 is 0. The molecular weight excluding hydrogens is 463 g/mol. The average Bonchev–Trinajstić information content (AvgIpc) is 2.85. The van der Waals surface area contributed by atoms with Crippen LogP contribution in [-0.4, -0.2) is 55.1 Å². The summed E-state index contributed by atoms with van der Waals surface area (Å²) in [6.07, 6.45) is -3.90. The van der Waals surface area contributed by atoms with Crippen LogP contribution in [0.3, 0.4) is 0 Å². The molecule has 4 amide bonds. The molecule has 2 heterocycles. The van der Waals surface area contributed by atoms with E-state index in [9.17, 15) is 27.6 Å². The van der Waals surface area contributed by atoms with E-state index in [0.29, 0.717) is 13.1 Å². The summed E-state index contributed by atoms with van der Waals surface area (Å²) in [5.41, 5.74) is 3.37. The van der Waals surface area contributed by atoms with Gasteiger partial charge in [0.1, 0.15) is 0 Å². The van der Waals surface area contributed by atoms with Gasteiger partial charge in [-0.15, -0.1) is 0 Å². The van der Waals surface area contributed by atoms with E-state index in [1.807, 2.05) is 53.4 Å². The number of urea groups is 1. The Labute approximate surface area is 200 Å². The van der Waals surface area contributed by atoms with E-state index in [4.69, 9.17) is 0 Å². The van der Waals surface area contributed by atoms with Crippen molar-refractivity contribution in [3.05, 3.63) is 54.1 Å². The van der Waals surface area contributed by atoms with Crippen molar-refractivity contribution in [2.24, 2.45) is 5.92 Å². The molecule has 2 aliphatic rings. The Morgan fingerprint density at radius 3 is 2.14 bits per heavy atom. The zero-order valence-electron chi connectivity index (χ0n) is 18.9. The number of piperidine rings is 1. The highest BCUT2D eigenvalue weighted by Crippen LogP contribution is 2.35. The topological polar surface area (TPSA) is 93.8 Å². The third kappa shape index (κ3) is 6.03. The van der Waals surface area contributed by atoms with Crippen LogP contribution in [0.5, 0.6) is 0 Å². The molecule has 2 aromatic rings. The van der Waals surface area contributed by atoms with Crippen molar-refractivity contribution in [3.63, 3.8) is 0 Å². The lowest BCUT2D eigenvalue weighted by Crippen LogP contribution is -2.56. The molecule has 0 atom stereocenters. The molecule has 11 heteroatoms. The lowest BCUT2D eigenvalue weighted by atomic mass is 9.96. The van der Waals surface area contributed by atoms with Gasteiger partial charge in [0.15, 0.2) is 0 Å². The molecule has 0 radical (unpaired) electrons. The van der Waals surface area contributed by atoms with Gasteiger partial charge < -0.3 is 20.9 Å². The molecule has 0 saturated carbocycles. The van der Waals surface area contributed by atoms with Gasteiger partial charge in [0.25, 0.3) is 0 Å². The third-order valence-corrected chi connectivity index (χ3v) is 6.18. The maximum absolute atomic E-state index is 12.9. The number of alkyl halides is 3. The normalized spacial score (nSPS) is 17.2. The van der Waals surface area contributed by atoms with Gasteiger partial charge in [-0.05, 0) is 54.8 Å². The second-order valence-corrected chi connectivity index (χ2v) is 8.54. The lowest BCUT2D eigenvalue weighted by molar-refractivity contribution is -0.179. The average molecular weight is 489 g/mol. The Morgan fingerprint density at radius 2 is 1.54 bits per heavy atom. The lowest BCUT2D eigenvalue weighted by Gasteiger charge is -2.34. The minimum Gasteiger partial charge on any atom is -0.372 e. The molecule has 2 fully saturated rings. The molecule has 186 valence electrons. The summed E-state index contributed by atoms with van der Waals surface area (Å²) in [6.45, 7) is 1.33. The highest BCUT2D eigenvalue weighted by Gasteiger charge is 2.41. The summed E-state index contributed by atoms with van der Waals surface area (Å²) in [5.74, 6) is -2.88. The summed E-state index contributed by atoms with van der Waals surface area (Å²) in [6, 6.07) is 14.3. The van der Waals surface area contributed by atoms with Crippen molar-refractivity contribution in [1.29, 1.82) is 0 Å². The van der Waals surface area contributed by atoms with Crippen LogP contribution < -0.4 is 20.9 Å². The second-order valence-electron chi connectivity index (χ2n) is 8.54. The van der Waals surface area contributed by atoms with Crippen LogP contribution in [0.1, 0.15) is 18.4 Å². The molecule has 35 heavy (non-hydrogen) atoms. The fourth-order valence-corrected chi connectivity index (χ4v) is 4.14. The van der Waals surface area contributed by atoms with Gasteiger partial charge in [-0.3, -0.25) is 14.5 Å². The zero-order valence-corrected chi connectivity index (χ0v) is 18.9. The van der Waals surface area contributed by atoms with E-state index in [-0.39, 0.29) is 32.5 Å². The second kappa shape index (κ2) is 10.2. The first-order valence-electron chi connectivity index (χ1n) is 11.4. The van der Waals surface area contributed by atoms with Crippen LogP contribution in [-0.2, 0) is 16.1 Å². The van der Waals surface area contributed by atoms with Crippen molar-refractivity contribution in [1.82, 2.24) is 15.5 Å². The number of carbonyl (C=O) groups excluding carboxylic acids is 3. The smallest absolute Gasteiger partial charge is 0.372 e. The number of hydrogen-bond acceptors (Lipinski definition) is 5. The van der Waals surface area contributed by atoms with Crippen LogP contribution in [0.25, 0.3) is 0 Å². The highest BCUT2D eigenvalue weighted by atomic mass is 19.4. The number of nitrogens with zero attached hydrogens (tertiary/aromatic N) is 2. The number of hydrogen-bond donors (Lipinski definition) is 3. The van der Waals surface area contributed by atoms with Gasteiger partial charge in [0, 0.05) is 49.8 Å². The number of anilines is 3. The monoisotopic (exact) mass is 489 g/mol. The summed E-state index contributed by atoms with van der Waals surface area (Å²) in [5, 5.41) is 8.29. The molecule has 3 N–H and O–H groups in total. The molecule has 0 bridgehead atoms. The molecule has 2 aromatic carbocycles. The molecule has 2 aliphatic heterocycles. The minimum atomic E-state index is -4.12. The van der Waals surface area contributed by atoms with Gasteiger partial charge in [-0.2, -0.15) is 13.2 Å². The summed E-state index contributed by atoms with van der Waals surface area (Å²) in [7, 11) is 0. The van der Waals surface area contributed by atoms with Crippen LogP contribution in [0, 0.1) is 5.92 Å². The highest BCUT2D eigenvalue weighted by molar-refractivity contribution is 6.38. The van der Waals surface area contributed by atoms with Gasteiger partial charge in [0.05, 0.1) is 5.92 Å². The number of piperazine rings is 1. The van der Waals surface area contributed by atoms with Crippen molar-refractivity contribution >= 4 is 34.9 Å². The number of rotatable bonds is 5. The van der Waals surface area contributed by atoms with E-state index in [1.54, 1.807) is 0 Å². The van der Waals surface area contributed by atoms with Crippen LogP contribution >= 0.6 is 0 Å². The van der Waals surface area contributed by atoms with Gasteiger partial charge >= 0.3 is 24.0 Å². The van der Waals surface area contributed by atoms with Gasteiger partial charge in [0.2, 0.25) is 0 Å². The van der Waals surface area contributed by atoms with Crippen LogP contribution in [0.4, 0.5) is 35.0 Å². The molecular formula is C24H26F3N5O3. The molecule has 0 spiro atoms.